The maximum atomic E-state index is 11.0. The van der Waals surface area contributed by atoms with Crippen LogP contribution in [0.3, 0.4) is 0 Å². The van der Waals surface area contributed by atoms with Crippen molar-refractivity contribution in [3.63, 3.8) is 0 Å². The Labute approximate surface area is 93.6 Å². The van der Waals surface area contributed by atoms with Crippen LogP contribution in [0.2, 0.25) is 0 Å². The third kappa shape index (κ3) is 3.51. The average Bonchev–Trinajstić information content (AvgIpc) is 2.66. The van der Waals surface area contributed by atoms with E-state index in [2.05, 4.69) is 10.3 Å². The number of hydrogen-bond donors (Lipinski definition) is 3. The van der Waals surface area contributed by atoms with E-state index >= 15 is 0 Å². The number of aromatic nitrogens is 1. The summed E-state index contributed by atoms with van der Waals surface area (Å²) in [6, 6.07) is 1.81. The fraction of sp³-hybridized carbons (Fsp3) is 0.333. The highest BCUT2D eigenvalue weighted by atomic mass is 19.4. The number of fused-ring (bicyclic) bond motifs is 1. The average molecular weight is 250 g/mol. The van der Waals surface area contributed by atoms with E-state index in [4.69, 9.17) is 9.90 Å². The number of hydrogen-bond acceptors (Lipinski definition) is 2. The zero-order chi connectivity index (χ0) is 13.1. The van der Waals surface area contributed by atoms with Crippen molar-refractivity contribution in [2.75, 3.05) is 6.54 Å². The topological polar surface area (TPSA) is 82.2 Å². The molecule has 1 amide bonds. The number of aliphatic carboxylic acids is 1. The minimum Gasteiger partial charge on any atom is -0.475 e. The third-order valence-electron chi connectivity index (χ3n) is 1.98. The monoisotopic (exact) mass is 250 g/mol. The van der Waals surface area contributed by atoms with Crippen LogP contribution in [0.25, 0.3) is 0 Å². The Morgan fingerprint density at radius 1 is 1.41 bits per heavy atom. The molecule has 0 spiro atoms. The lowest BCUT2D eigenvalue weighted by atomic mass is 10.1. The second-order valence-corrected chi connectivity index (χ2v) is 3.18. The van der Waals surface area contributed by atoms with Crippen LogP contribution in [0.5, 0.6) is 0 Å². The molecule has 0 aromatic carbocycles. The number of aromatic amines is 1. The van der Waals surface area contributed by atoms with Gasteiger partial charge in [0.1, 0.15) is 0 Å². The molecule has 94 valence electrons. The van der Waals surface area contributed by atoms with Gasteiger partial charge in [0.25, 0.3) is 5.91 Å². The molecule has 1 aliphatic heterocycles. The molecular weight excluding hydrogens is 241 g/mol. The first-order chi connectivity index (χ1) is 7.82. The Morgan fingerprint density at radius 2 is 2.00 bits per heavy atom. The summed E-state index contributed by atoms with van der Waals surface area (Å²) in [4.78, 5) is 22.9. The van der Waals surface area contributed by atoms with Gasteiger partial charge in [0.05, 0.1) is 5.56 Å². The number of carbonyl (C=O) groups is 2. The molecule has 0 radical (unpaired) electrons. The first-order valence-electron chi connectivity index (χ1n) is 4.57. The quantitative estimate of drug-likeness (QED) is 0.640. The van der Waals surface area contributed by atoms with E-state index in [-0.39, 0.29) is 5.91 Å². The van der Waals surface area contributed by atoms with Crippen LogP contribution in [-0.2, 0) is 11.2 Å². The van der Waals surface area contributed by atoms with E-state index in [0.717, 1.165) is 24.2 Å². The van der Waals surface area contributed by atoms with Crippen molar-refractivity contribution in [1.82, 2.24) is 10.3 Å². The zero-order valence-corrected chi connectivity index (χ0v) is 8.47. The molecule has 0 aliphatic carbocycles. The Morgan fingerprint density at radius 3 is 2.47 bits per heavy atom. The van der Waals surface area contributed by atoms with Gasteiger partial charge in [-0.05, 0) is 6.07 Å². The number of amides is 1. The number of alkyl halides is 3. The van der Waals surface area contributed by atoms with Crippen molar-refractivity contribution in [2.24, 2.45) is 0 Å². The van der Waals surface area contributed by atoms with Gasteiger partial charge in [-0.25, -0.2) is 4.79 Å². The number of nitrogens with one attached hydrogen (secondary N) is 2. The molecule has 1 aromatic rings. The first kappa shape index (κ1) is 13.1. The van der Waals surface area contributed by atoms with Crippen molar-refractivity contribution in [2.45, 2.75) is 12.6 Å². The molecule has 0 atom stereocenters. The normalized spacial score (nSPS) is 14.2. The molecule has 3 N–H and O–H groups in total. The van der Waals surface area contributed by atoms with Crippen molar-refractivity contribution in [3.8, 4) is 0 Å². The van der Waals surface area contributed by atoms with E-state index in [1.165, 1.54) is 0 Å². The van der Waals surface area contributed by atoms with E-state index < -0.39 is 12.1 Å². The smallest absolute Gasteiger partial charge is 0.475 e. The number of halogens is 3. The van der Waals surface area contributed by atoms with Crippen LogP contribution in [0.1, 0.15) is 16.1 Å². The number of carboxylic acid groups (broad SMARTS) is 1. The van der Waals surface area contributed by atoms with Crippen LogP contribution in [0.15, 0.2) is 12.3 Å². The highest BCUT2D eigenvalue weighted by Gasteiger charge is 2.38. The van der Waals surface area contributed by atoms with Crippen LogP contribution >= 0.6 is 0 Å². The van der Waals surface area contributed by atoms with E-state index in [0.29, 0.717) is 0 Å². The molecule has 1 aromatic heterocycles. The molecule has 1 aliphatic rings. The molecule has 17 heavy (non-hydrogen) atoms. The van der Waals surface area contributed by atoms with Gasteiger partial charge in [-0.2, -0.15) is 13.2 Å². The molecular formula is C9H9F3N2O3. The summed E-state index contributed by atoms with van der Waals surface area (Å²) in [7, 11) is 0. The predicted molar refractivity (Wildman–Crippen MR) is 50.5 cm³/mol. The van der Waals surface area contributed by atoms with Crippen LogP contribution < -0.4 is 5.32 Å². The molecule has 8 heteroatoms. The first-order valence-corrected chi connectivity index (χ1v) is 4.57. The zero-order valence-electron chi connectivity index (χ0n) is 8.47. The summed E-state index contributed by atoms with van der Waals surface area (Å²) in [5.74, 6) is -2.71. The highest BCUT2D eigenvalue weighted by molar-refractivity contribution is 5.96. The van der Waals surface area contributed by atoms with Gasteiger partial charge >= 0.3 is 12.1 Å². The lowest BCUT2D eigenvalue weighted by Crippen LogP contribution is -2.31. The molecule has 2 rings (SSSR count). The van der Waals surface area contributed by atoms with Gasteiger partial charge in [-0.15, -0.1) is 0 Å². The van der Waals surface area contributed by atoms with Gasteiger partial charge in [0.15, 0.2) is 0 Å². The van der Waals surface area contributed by atoms with Gasteiger partial charge < -0.3 is 15.4 Å². The second-order valence-electron chi connectivity index (χ2n) is 3.18. The Bertz CT molecular complexity index is 425. The Kier molecular flexibility index (Phi) is 3.77. The van der Waals surface area contributed by atoms with Gasteiger partial charge in [0.2, 0.25) is 0 Å². The van der Waals surface area contributed by atoms with Crippen molar-refractivity contribution < 1.29 is 27.9 Å². The number of carbonyl (C=O) groups excluding carboxylic acids is 1. The summed E-state index contributed by atoms with van der Waals surface area (Å²) in [5.41, 5.74) is 1.86. The van der Waals surface area contributed by atoms with Gasteiger partial charge in [-0.3, -0.25) is 4.79 Å². The fourth-order valence-electron chi connectivity index (χ4n) is 1.22. The molecule has 0 fully saturated rings. The Hall–Kier alpha value is -1.99. The Balaban J connectivity index is 0.000000185. The highest BCUT2D eigenvalue weighted by Crippen LogP contribution is 2.13. The lowest BCUT2D eigenvalue weighted by molar-refractivity contribution is -0.192. The SMILES string of the molecule is O=C(O)C(F)(F)F.O=C1NCCc2[nH]ccc21. The predicted octanol–water partition coefficient (Wildman–Crippen LogP) is 0.934. The summed E-state index contributed by atoms with van der Waals surface area (Å²) < 4.78 is 31.7. The van der Waals surface area contributed by atoms with Crippen LogP contribution in [0, 0.1) is 0 Å². The van der Waals surface area contributed by atoms with Gasteiger partial charge in [0, 0.05) is 24.9 Å². The third-order valence-corrected chi connectivity index (χ3v) is 1.98. The van der Waals surface area contributed by atoms with Crippen molar-refractivity contribution >= 4 is 11.9 Å². The second kappa shape index (κ2) is 4.89. The van der Waals surface area contributed by atoms with Crippen LogP contribution in [0.4, 0.5) is 13.2 Å². The molecule has 2 heterocycles. The van der Waals surface area contributed by atoms with Crippen molar-refractivity contribution in [3.05, 3.63) is 23.5 Å². The maximum absolute atomic E-state index is 11.0. The number of rotatable bonds is 0. The fourth-order valence-corrected chi connectivity index (χ4v) is 1.22. The molecule has 0 saturated heterocycles. The van der Waals surface area contributed by atoms with E-state index in [1.807, 2.05) is 6.07 Å². The van der Waals surface area contributed by atoms with Crippen LogP contribution in [-0.4, -0.2) is 34.7 Å². The van der Waals surface area contributed by atoms with E-state index in [1.54, 1.807) is 6.20 Å². The minimum atomic E-state index is -5.08. The molecule has 0 saturated carbocycles. The number of H-pyrrole nitrogens is 1. The molecule has 0 unspecified atom stereocenters. The van der Waals surface area contributed by atoms with Gasteiger partial charge in [-0.1, -0.05) is 0 Å². The van der Waals surface area contributed by atoms with E-state index in [9.17, 15) is 18.0 Å². The maximum Gasteiger partial charge on any atom is 0.490 e. The molecule has 0 bridgehead atoms. The summed E-state index contributed by atoms with van der Waals surface area (Å²) >= 11 is 0. The minimum absolute atomic E-state index is 0.0440. The summed E-state index contributed by atoms with van der Waals surface area (Å²) in [6.45, 7) is 0.756. The van der Waals surface area contributed by atoms with Crippen molar-refractivity contribution in [1.29, 1.82) is 0 Å². The summed E-state index contributed by atoms with van der Waals surface area (Å²) in [6.07, 6.45) is -2.36. The lowest BCUT2D eigenvalue weighted by Gasteiger charge is -2.10. The number of carboxylic acids is 1. The summed E-state index contributed by atoms with van der Waals surface area (Å²) in [5, 5.41) is 9.89. The molecule has 5 nitrogen and oxygen atoms in total. The largest absolute Gasteiger partial charge is 0.490 e. The standard InChI is InChI=1S/C7H8N2O.C2HF3O2/c10-7-5-1-3-8-6(5)2-4-9-7;3-2(4,5)1(6)7/h1,3,8H,2,4H2,(H,9,10);(H,6,7).